The molecule has 1 aromatic rings. The fourth-order valence-corrected chi connectivity index (χ4v) is 2.71. The molecule has 0 amide bonds. The highest BCUT2D eigenvalue weighted by Gasteiger charge is 2.11. The van der Waals surface area contributed by atoms with Crippen molar-refractivity contribution in [2.75, 3.05) is 99.9 Å². The lowest BCUT2D eigenvalue weighted by Gasteiger charge is -2.22. The maximum Gasteiger partial charge on any atom is 0.203 e. The van der Waals surface area contributed by atoms with E-state index in [9.17, 15) is 0 Å². The van der Waals surface area contributed by atoms with E-state index in [0.29, 0.717) is 76.7 Å². The van der Waals surface area contributed by atoms with E-state index in [2.05, 4.69) is 4.90 Å². The summed E-state index contributed by atoms with van der Waals surface area (Å²) in [5.74, 6) is 1.82. The van der Waals surface area contributed by atoms with Crippen molar-refractivity contribution in [2.24, 2.45) is 0 Å². The predicted molar refractivity (Wildman–Crippen MR) is 118 cm³/mol. The van der Waals surface area contributed by atoms with E-state index in [0.717, 1.165) is 19.6 Å². The van der Waals surface area contributed by atoms with Crippen LogP contribution in [0.1, 0.15) is 6.92 Å². The fourth-order valence-electron chi connectivity index (χ4n) is 2.71. The van der Waals surface area contributed by atoms with Gasteiger partial charge in [0.05, 0.1) is 67.1 Å². The van der Waals surface area contributed by atoms with Gasteiger partial charge in [-0.25, -0.2) is 0 Å². The van der Waals surface area contributed by atoms with Crippen molar-refractivity contribution in [2.45, 2.75) is 6.92 Å². The van der Waals surface area contributed by atoms with Gasteiger partial charge in [-0.3, -0.25) is 4.90 Å². The summed E-state index contributed by atoms with van der Waals surface area (Å²) in [4.78, 5) is 2.22. The van der Waals surface area contributed by atoms with Crippen LogP contribution in [0, 0.1) is 0 Å². The number of ether oxygens (including phenoxy) is 7. The summed E-state index contributed by atoms with van der Waals surface area (Å²) < 4.78 is 38.4. The summed E-state index contributed by atoms with van der Waals surface area (Å²) in [6.07, 6.45) is 0. The van der Waals surface area contributed by atoms with E-state index < -0.39 is 0 Å². The largest absolute Gasteiger partial charge is 0.493 e. The summed E-state index contributed by atoms with van der Waals surface area (Å²) in [7, 11) is 3.19. The van der Waals surface area contributed by atoms with Crippen molar-refractivity contribution in [3.8, 4) is 17.2 Å². The minimum Gasteiger partial charge on any atom is -0.493 e. The smallest absolute Gasteiger partial charge is 0.203 e. The molecule has 180 valence electrons. The van der Waals surface area contributed by atoms with Crippen LogP contribution in [0.2, 0.25) is 0 Å². The second-order valence-corrected chi connectivity index (χ2v) is 6.44. The molecule has 0 saturated heterocycles. The van der Waals surface area contributed by atoms with Gasteiger partial charge in [0.15, 0.2) is 11.5 Å². The third-order valence-corrected chi connectivity index (χ3v) is 4.32. The van der Waals surface area contributed by atoms with Gasteiger partial charge in [-0.15, -0.1) is 0 Å². The van der Waals surface area contributed by atoms with Crippen LogP contribution >= 0.6 is 0 Å². The molecule has 1 aromatic carbocycles. The third kappa shape index (κ3) is 12.7. The SMILES string of the molecule is CCOCCN(CCOCCO)CCOCCOCCOc1c(OC)cccc1OC. The number of methoxy groups -OCH3 is 2. The quantitative estimate of drug-likeness (QED) is 0.283. The summed E-state index contributed by atoms with van der Waals surface area (Å²) in [5.41, 5.74) is 0. The predicted octanol–water partition coefficient (Wildman–Crippen LogP) is 1.46. The Labute approximate surface area is 186 Å². The highest BCUT2D eigenvalue weighted by Crippen LogP contribution is 2.36. The van der Waals surface area contributed by atoms with E-state index in [1.807, 2.05) is 25.1 Å². The van der Waals surface area contributed by atoms with E-state index in [1.54, 1.807) is 14.2 Å². The monoisotopic (exact) mass is 445 g/mol. The summed E-state index contributed by atoms with van der Waals surface area (Å²) >= 11 is 0. The minimum absolute atomic E-state index is 0.0412. The summed E-state index contributed by atoms with van der Waals surface area (Å²) in [6.45, 7) is 9.15. The molecule has 0 heterocycles. The molecule has 0 radical (unpaired) electrons. The molecule has 0 fully saturated rings. The maximum atomic E-state index is 8.78. The van der Waals surface area contributed by atoms with Crippen molar-refractivity contribution in [3.05, 3.63) is 18.2 Å². The number of hydrogen-bond donors (Lipinski definition) is 1. The average molecular weight is 446 g/mol. The zero-order valence-electron chi connectivity index (χ0n) is 19.2. The van der Waals surface area contributed by atoms with Crippen molar-refractivity contribution in [1.29, 1.82) is 0 Å². The Bertz CT molecular complexity index is 524. The second-order valence-electron chi connectivity index (χ2n) is 6.44. The van der Waals surface area contributed by atoms with Gasteiger partial charge in [0.25, 0.3) is 0 Å². The third-order valence-electron chi connectivity index (χ3n) is 4.32. The van der Waals surface area contributed by atoms with Crippen LogP contribution in [0.4, 0.5) is 0 Å². The molecule has 31 heavy (non-hydrogen) atoms. The van der Waals surface area contributed by atoms with Crippen LogP contribution in [0.15, 0.2) is 18.2 Å². The van der Waals surface area contributed by atoms with Gasteiger partial charge in [-0.2, -0.15) is 0 Å². The highest BCUT2D eigenvalue weighted by molar-refractivity contribution is 5.51. The summed E-state index contributed by atoms with van der Waals surface area (Å²) in [5, 5.41) is 8.78. The van der Waals surface area contributed by atoms with E-state index >= 15 is 0 Å². The molecule has 0 spiro atoms. The van der Waals surface area contributed by atoms with Gasteiger partial charge in [-0.05, 0) is 19.1 Å². The molecular formula is C22H39NO8. The van der Waals surface area contributed by atoms with Crippen molar-refractivity contribution in [1.82, 2.24) is 4.90 Å². The second kappa shape index (κ2) is 19.1. The van der Waals surface area contributed by atoms with Crippen LogP contribution in [-0.4, -0.2) is 110 Å². The summed E-state index contributed by atoms with van der Waals surface area (Å²) in [6, 6.07) is 5.49. The number of aliphatic hydroxyl groups excluding tert-OH is 1. The van der Waals surface area contributed by atoms with Crippen molar-refractivity contribution < 1.29 is 38.3 Å². The molecule has 0 aliphatic carbocycles. The van der Waals surface area contributed by atoms with Crippen molar-refractivity contribution >= 4 is 0 Å². The molecule has 1 N–H and O–H groups in total. The molecule has 1 rings (SSSR count). The lowest BCUT2D eigenvalue weighted by atomic mass is 10.3. The molecule has 0 aliphatic rings. The van der Waals surface area contributed by atoms with Crippen molar-refractivity contribution in [3.63, 3.8) is 0 Å². The van der Waals surface area contributed by atoms with E-state index in [1.165, 1.54) is 0 Å². The molecule has 0 atom stereocenters. The zero-order valence-corrected chi connectivity index (χ0v) is 19.2. The number of hydrogen-bond acceptors (Lipinski definition) is 9. The first-order valence-electron chi connectivity index (χ1n) is 10.7. The first-order valence-corrected chi connectivity index (χ1v) is 10.7. The van der Waals surface area contributed by atoms with Gasteiger partial charge in [0, 0.05) is 26.2 Å². The Kier molecular flexibility index (Phi) is 16.9. The topological polar surface area (TPSA) is 88.1 Å². The molecule has 0 aromatic heterocycles. The fraction of sp³-hybridized carbons (Fsp3) is 0.727. The Morgan fingerprint density at radius 3 is 1.77 bits per heavy atom. The molecule has 0 saturated carbocycles. The van der Waals surface area contributed by atoms with Crippen LogP contribution in [0.25, 0.3) is 0 Å². The molecule has 0 unspecified atom stereocenters. The van der Waals surface area contributed by atoms with Crippen LogP contribution in [-0.2, 0) is 18.9 Å². The first-order chi connectivity index (χ1) is 15.3. The molecular weight excluding hydrogens is 406 g/mol. The molecule has 9 nitrogen and oxygen atoms in total. The van der Waals surface area contributed by atoms with Gasteiger partial charge >= 0.3 is 0 Å². The van der Waals surface area contributed by atoms with Crippen LogP contribution < -0.4 is 14.2 Å². The lowest BCUT2D eigenvalue weighted by Crippen LogP contribution is -2.34. The number of para-hydroxylation sites is 1. The van der Waals surface area contributed by atoms with E-state index in [-0.39, 0.29) is 6.61 Å². The Morgan fingerprint density at radius 2 is 1.23 bits per heavy atom. The van der Waals surface area contributed by atoms with Gasteiger partial charge in [0.2, 0.25) is 5.75 Å². The number of rotatable bonds is 21. The first kappa shape index (κ1) is 27.4. The minimum atomic E-state index is 0.0412. The molecule has 0 bridgehead atoms. The lowest BCUT2D eigenvalue weighted by molar-refractivity contribution is 0.0191. The standard InChI is InChI=1S/C22H39NO8/c1-4-27-12-8-23(9-13-28-15-11-24)10-14-29-16-17-30-18-19-31-22-20(25-2)6-5-7-21(22)26-3/h5-7,24H,4,8-19H2,1-3H3. The molecule has 0 aliphatic heterocycles. The Morgan fingerprint density at radius 1 is 0.710 bits per heavy atom. The van der Waals surface area contributed by atoms with Gasteiger partial charge < -0.3 is 38.3 Å². The average Bonchev–Trinajstić information content (AvgIpc) is 2.80. The Hall–Kier alpha value is -1.62. The number of benzene rings is 1. The van der Waals surface area contributed by atoms with Gasteiger partial charge in [-0.1, -0.05) is 6.07 Å². The van der Waals surface area contributed by atoms with Gasteiger partial charge in [0.1, 0.15) is 6.61 Å². The zero-order chi connectivity index (χ0) is 22.6. The van der Waals surface area contributed by atoms with E-state index in [4.69, 9.17) is 38.3 Å². The van der Waals surface area contributed by atoms with Crippen LogP contribution in [0.5, 0.6) is 17.2 Å². The molecule has 9 heteroatoms. The highest BCUT2D eigenvalue weighted by atomic mass is 16.6. The normalized spacial score (nSPS) is 11.1. The Balaban J connectivity index is 2.13. The number of nitrogens with zero attached hydrogens (tertiary/aromatic N) is 1. The number of aliphatic hydroxyl groups is 1. The van der Waals surface area contributed by atoms with Crippen LogP contribution in [0.3, 0.4) is 0 Å². The maximum absolute atomic E-state index is 8.78.